The van der Waals surface area contributed by atoms with Gasteiger partial charge in [-0.05, 0) is 40.5 Å². The summed E-state index contributed by atoms with van der Waals surface area (Å²) >= 11 is 9.07. The Kier molecular flexibility index (Phi) is 6.16. The third-order valence-corrected chi connectivity index (χ3v) is 3.82. The maximum Gasteiger partial charge on any atom is 0.252 e. The second-order valence-electron chi connectivity index (χ2n) is 3.51. The van der Waals surface area contributed by atoms with Crippen LogP contribution >= 0.6 is 27.5 Å². The van der Waals surface area contributed by atoms with Crippen molar-refractivity contribution in [3.8, 4) is 0 Å². The van der Waals surface area contributed by atoms with E-state index < -0.39 is 10.8 Å². The second kappa shape index (κ2) is 7.13. The van der Waals surface area contributed by atoms with Crippen LogP contribution in [0.1, 0.15) is 16.8 Å². The van der Waals surface area contributed by atoms with Gasteiger partial charge >= 0.3 is 0 Å². The Balaban J connectivity index is 2.50. The maximum absolute atomic E-state index is 11.8. The average molecular weight is 339 g/mol. The normalized spacial score (nSPS) is 12.2. The molecule has 0 aliphatic heterocycles. The predicted octanol–water partition coefficient (Wildman–Crippen LogP) is 2.60. The number of amides is 1. The molecule has 1 atom stereocenters. The molecule has 0 spiro atoms. The molecule has 0 aromatic heterocycles. The molecule has 3 nitrogen and oxygen atoms in total. The van der Waals surface area contributed by atoms with E-state index in [1.165, 1.54) is 0 Å². The molecule has 0 saturated carbocycles. The first-order valence-corrected chi connectivity index (χ1v) is 7.94. The number of hydrogen-bond acceptors (Lipinski definition) is 2. The van der Waals surface area contributed by atoms with Crippen LogP contribution in [0.2, 0.25) is 5.02 Å². The largest absolute Gasteiger partial charge is 0.352 e. The zero-order chi connectivity index (χ0) is 12.8. The van der Waals surface area contributed by atoms with E-state index >= 15 is 0 Å². The summed E-state index contributed by atoms with van der Waals surface area (Å²) < 4.78 is 11.5. The minimum atomic E-state index is -0.810. The first-order valence-electron chi connectivity index (χ1n) is 5.04. The van der Waals surface area contributed by atoms with E-state index in [0.29, 0.717) is 33.8 Å². The predicted molar refractivity (Wildman–Crippen MR) is 75.0 cm³/mol. The highest BCUT2D eigenvalue weighted by molar-refractivity contribution is 9.10. The van der Waals surface area contributed by atoms with Crippen molar-refractivity contribution in [1.82, 2.24) is 5.32 Å². The van der Waals surface area contributed by atoms with Crippen molar-refractivity contribution < 1.29 is 9.00 Å². The van der Waals surface area contributed by atoms with Crippen LogP contribution in [0.3, 0.4) is 0 Å². The zero-order valence-corrected chi connectivity index (χ0v) is 12.5. The lowest BCUT2D eigenvalue weighted by Crippen LogP contribution is -2.25. The molecule has 1 N–H and O–H groups in total. The Hall–Kier alpha value is -0.390. The SMILES string of the molecule is C[S@@](=O)CCCNC(=O)c1ccc(Cl)cc1Br. The molecule has 0 aliphatic carbocycles. The fourth-order valence-corrected chi connectivity index (χ4v) is 2.66. The van der Waals surface area contributed by atoms with E-state index in [0.717, 1.165) is 0 Å². The van der Waals surface area contributed by atoms with Gasteiger partial charge < -0.3 is 5.32 Å². The molecule has 1 aromatic rings. The number of rotatable bonds is 5. The zero-order valence-electron chi connectivity index (χ0n) is 9.33. The van der Waals surface area contributed by atoms with Crippen LogP contribution < -0.4 is 5.32 Å². The van der Waals surface area contributed by atoms with Crippen LogP contribution in [-0.2, 0) is 10.8 Å². The second-order valence-corrected chi connectivity index (χ2v) is 6.36. The Bertz CT molecular complexity index is 439. The van der Waals surface area contributed by atoms with Crippen molar-refractivity contribution in [3.63, 3.8) is 0 Å². The number of halogens is 2. The van der Waals surface area contributed by atoms with Crippen molar-refractivity contribution >= 4 is 44.2 Å². The van der Waals surface area contributed by atoms with Gasteiger partial charge in [-0.3, -0.25) is 9.00 Å². The van der Waals surface area contributed by atoms with Crippen LogP contribution in [0.5, 0.6) is 0 Å². The molecule has 0 radical (unpaired) electrons. The number of nitrogens with one attached hydrogen (secondary N) is 1. The van der Waals surface area contributed by atoms with Crippen LogP contribution in [0.25, 0.3) is 0 Å². The van der Waals surface area contributed by atoms with Crippen LogP contribution in [0.15, 0.2) is 22.7 Å². The Morgan fingerprint density at radius 2 is 2.24 bits per heavy atom. The van der Waals surface area contributed by atoms with Crippen LogP contribution in [-0.4, -0.2) is 28.7 Å². The molecule has 0 saturated heterocycles. The van der Waals surface area contributed by atoms with Crippen LogP contribution in [0, 0.1) is 0 Å². The summed E-state index contributed by atoms with van der Waals surface area (Å²) in [5, 5.41) is 3.35. The molecule has 1 rings (SSSR count). The summed E-state index contributed by atoms with van der Waals surface area (Å²) in [4.78, 5) is 11.8. The molecule has 1 aromatic carbocycles. The average Bonchev–Trinajstić information content (AvgIpc) is 2.23. The monoisotopic (exact) mass is 337 g/mol. The van der Waals surface area contributed by atoms with E-state index in [2.05, 4.69) is 21.2 Å². The topological polar surface area (TPSA) is 46.2 Å². The quantitative estimate of drug-likeness (QED) is 0.839. The molecule has 0 bridgehead atoms. The molecular formula is C11H13BrClNO2S. The molecule has 0 unspecified atom stereocenters. The summed E-state index contributed by atoms with van der Waals surface area (Å²) in [6, 6.07) is 5.01. The Labute approximate surface area is 117 Å². The summed E-state index contributed by atoms with van der Waals surface area (Å²) in [5.41, 5.74) is 0.548. The fourth-order valence-electron chi connectivity index (χ4n) is 1.25. The van der Waals surface area contributed by atoms with E-state index in [4.69, 9.17) is 11.6 Å². The number of carbonyl (C=O) groups excluding carboxylic acids is 1. The van der Waals surface area contributed by atoms with E-state index in [1.54, 1.807) is 24.5 Å². The molecule has 17 heavy (non-hydrogen) atoms. The molecular weight excluding hydrogens is 326 g/mol. The van der Waals surface area contributed by atoms with Crippen molar-refractivity contribution in [2.45, 2.75) is 6.42 Å². The third kappa shape index (κ3) is 5.19. The number of carbonyl (C=O) groups is 1. The van der Waals surface area contributed by atoms with Crippen molar-refractivity contribution in [2.24, 2.45) is 0 Å². The van der Waals surface area contributed by atoms with Crippen molar-refractivity contribution in [1.29, 1.82) is 0 Å². The van der Waals surface area contributed by atoms with Gasteiger partial charge in [-0.25, -0.2) is 0 Å². The first-order chi connectivity index (χ1) is 8.00. The van der Waals surface area contributed by atoms with Gasteiger partial charge in [0.15, 0.2) is 0 Å². The fraction of sp³-hybridized carbons (Fsp3) is 0.364. The van der Waals surface area contributed by atoms with Gasteiger partial charge in [-0.15, -0.1) is 0 Å². The van der Waals surface area contributed by atoms with E-state index in [9.17, 15) is 9.00 Å². The van der Waals surface area contributed by atoms with Gasteiger partial charge in [0.1, 0.15) is 0 Å². The summed E-state index contributed by atoms with van der Waals surface area (Å²) in [5.74, 6) is 0.442. The minimum absolute atomic E-state index is 0.157. The lowest BCUT2D eigenvalue weighted by molar-refractivity contribution is 0.0953. The molecule has 0 aliphatic rings. The highest BCUT2D eigenvalue weighted by Gasteiger charge is 2.09. The number of benzene rings is 1. The van der Waals surface area contributed by atoms with Crippen molar-refractivity contribution in [3.05, 3.63) is 33.3 Å². The van der Waals surface area contributed by atoms with Gasteiger partial charge in [0.25, 0.3) is 5.91 Å². The van der Waals surface area contributed by atoms with Crippen molar-refractivity contribution in [2.75, 3.05) is 18.6 Å². The Morgan fingerprint density at radius 3 is 2.82 bits per heavy atom. The van der Waals surface area contributed by atoms with Gasteiger partial charge in [0.05, 0.1) is 5.56 Å². The molecule has 0 heterocycles. The van der Waals surface area contributed by atoms with E-state index in [-0.39, 0.29) is 5.91 Å². The summed E-state index contributed by atoms with van der Waals surface area (Å²) in [6.07, 6.45) is 2.36. The number of hydrogen-bond donors (Lipinski definition) is 1. The first kappa shape index (κ1) is 14.7. The third-order valence-electron chi connectivity index (χ3n) is 2.07. The summed E-state index contributed by atoms with van der Waals surface area (Å²) in [7, 11) is -0.810. The lowest BCUT2D eigenvalue weighted by atomic mass is 10.2. The smallest absolute Gasteiger partial charge is 0.252 e. The highest BCUT2D eigenvalue weighted by Crippen LogP contribution is 2.21. The summed E-state index contributed by atoms with van der Waals surface area (Å²) in [6.45, 7) is 0.521. The lowest BCUT2D eigenvalue weighted by Gasteiger charge is -2.06. The van der Waals surface area contributed by atoms with Crippen LogP contribution in [0.4, 0.5) is 0 Å². The molecule has 6 heteroatoms. The Morgan fingerprint density at radius 1 is 1.53 bits per heavy atom. The van der Waals surface area contributed by atoms with E-state index in [1.807, 2.05) is 0 Å². The standard InChI is InChI=1S/C11H13BrClNO2S/c1-17(16)6-2-5-14-11(15)9-4-3-8(13)7-10(9)12/h3-4,7H,2,5-6H2,1H3,(H,14,15)/t17-/m1/s1. The minimum Gasteiger partial charge on any atom is -0.352 e. The molecule has 94 valence electrons. The molecule has 1 amide bonds. The van der Waals surface area contributed by atoms with Gasteiger partial charge in [-0.1, -0.05) is 11.6 Å². The highest BCUT2D eigenvalue weighted by atomic mass is 79.9. The van der Waals surface area contributed by atoms with Gasteiger partial charge in [0.2, 0.25) is 0 Å². The van der Waals surface area contributed by atoms with Gasteiger partial charge in [-0.2, -0.15) is 0 Å². The molecule has 0 fully saturated rings. The van der Waals surface area contributed by atoms with Gasteiger partial charge in [0, 0.05) is 38.8 Å². The maximum atomic E-state index is 11.8.